The van der Waals surface area contributed by atoms with Gasteiger partial charge in [0, 0.05) is 12.0 Å². The second kappa shape index (κ2) is 6.46. The van der Waals surface area contributed by atoms with E-state index in [0.717, 1.165) is 12.8 Å². The van der Waals surface area contributed by atoms with Crippen LogP contribution in [0.25, 0.3) is 0 Å². The molecule has 1 atom stereocenters. The Morgan fingerprint density at radius 1 is 1.20 bits per heavy atom. The van der Waals surface area contributed by atoms with Crippen molar-refractivity contribution >= 4 is 17.3 Å². The highest BCUT2D eigenvalue weighted by atomic mass is 16.5. The van der Waals surface area contributed by atoms with E-state index in [0.29, 0.717) is 24.2 Å². The molecule has 1 aliphatic carbocycles. The van der Waals surface area contributed by atoms with Crippen LogP contribution in [0.3, 0.4) is 0 Å². The smallest absolute Gasteiger partial charge is 0.170 e. The average molecular weight is 274 g/mol. The Morgan fingerprint density at radius 3 is 2.50 bits per heavy atom. The molecule has 4 heteroatoms. The number of ketones is 3. The summed E-state index contributed by atoms with van der Waals surface area (Å²) in [6.45, 7) is 0. The summed E-state index contributed by atoms with van der Waals surface area (Å²) in [4.78, 5) is 35.8. The van der Waals surface area contributed by atoms with Crippen LogP contribution in [0.4, 0.5) is 0 Å². The van der Waals surface area contributed by atoms with Gasteiger partial charge in [0.05, 0.1) is 19.4 Å². The SMILES string of the molecule is COc1ccc(C(=O)CC(=O)[C@@H]2CCCCC2=O)cc1. The Hall–Kier alpha value is -1.97. The molecule has 1 fully saturated rings. The number of carbonyl (C=O) groups excluding carboxylic acids is 3. The predicted octanol–water partition coefficient (Wildman–Crippen LogP) is 2.60. The first-order valence-electron chi connectivity index (χ1n) is 6.84. The fraction of sp³-hybridized carbons (Fsp3) is 0.438. The second-order valence-corrected chi connectivity index (χ2v) is 5.06. The Balaban J connectivity index is 1.99. The van der Waals surface area contributed by atoms with Crippen LogP contribution in [-0.2, 0) is 9.59 Å². The zero-order chi connectivity index (χ0) is 14.5. The van der Waals surface area contributed by atoms with E-state index in [4.69, 9.17) is 4.74 Å². The second-order valence-electron chi connectivity index (χ2n) is 5.06. The van der Waals surface area contributed by atoms with Crippen molar-refractivity contribution in [3.63, 3.8) is 0 Å². The van der Waals surface area contributed by atoms with Gasteiger partial charge in [0.15, 0.2) is 11.6 Å². The van der Waals surface area contributed by atoms with Crippen LogP contribution in [0.5, 0.6) is 5.75 Å². The monoisotopic (exact) mass is 274 g/mol. The number of rotatable bonds is 5. The molecule has 4 nitrogen and oxygen atoms in total. The van der Waals surface area contributed by atoms with Crippen molar-refractivity contribution < 1.29 is 19.1 Å². The fourth-order valence-corrected chi connectivity index (χ4v) is 2.48. The molecule has 20 heavy (non-hydrogen) atoms. The maximum Gasteiger partial charge on any atom is 0.170 e. The molecule has 0 aromatic heterocycles. The molecule has 0 aliphatic heterocycles. The van der Waals surface area contributed by atoms with Gasteiger partial charge >= 0.3 is 0 Å². The minimum absolute atomic E-state index is 0.0104. The summed E-state index contributed by atoms with van der Waals surface area (Å²) in [5.41, 5.74) is 0.474. The molecule has 0 N–H and O–H groups in total. The van der Waals surface area contributed by atoms with Crippen molar-refractivity contribution in [1.82, 2.24) is 0 Å². The summed E-state index contributed by atoms with van der Waals surface area (Å²) in [6, 6.07) is 6.64. The number of ether oxygens (including phenoxy) is 1. The van der Waals surface area contributed by atoms with Crippen LogP contribution in [0.2, 0.25) is 0 Å². The van der Waals surface area contributed by atoms with Crippen LogP contribution < -0.4 is 4.74 Å². The first-order valence-corrected chi connectivity index (χ1v) is 6.84. The Bertz CT molecular complexity index is 516. The van der Waals surface area contributed by atoms with E-state index < -0.39 is 5.92 Å². The zero-order valence-electron chi connectivity index (χ0n) is 11.6. The minimum atomic E-state index is -0.564. The third kappa shape index (κ3) is 3.32. The summed E-state index contributed by atoms with van der Waals surface area (Å²) in [7, 11) is 1.55. The van der Waals surface area contributed by atoms with Crippen molar-refractivity contribution in [3.8, 4) is 5.75 Å². The van der Waals surface area contributed by atoms with Crippen LogP contribution in [0.1, 0.15) is 42.5 Å². The van der Waals surface area contributed by atoms with E-state index in [-0.39, 0.29) is 23.8 Å². The quantitative estimate of drug-likeness (QED) is 0.611. The van der Waals surface area contributed by atoms with Gasteiger partial charge in [0.2, 0.25) is 0 Å². The zero-order valence-corrected chi connectivity index (χ0v) is 11.6. The largest absolute Gasteiger partial charge is 0.497 e. The van der Waals surface area contributed by atoms with Gasteiger partial charge < -0.3 is 4.74 Å². The Kier molecular flexibility index (Phi) is 4.66. The maximum atomic E-state index is 12.0. The van der Waals surface area contributed by atoms with Crippen LogP contribution in [0.15, 0.2) is 24.3 Å². The molecule has 0 amide bonds. The van der Waals surface area contributed by atoms with E-state index in [1.807, 2.05) is 0 Å². The number of carbonyl (C=O) groups is 3. The van der Waals surface area contributed by atoms with E-state index in [9.17, 15) is 14.4 Å². The van der Waals surface area contributed by atoms with Crippen molar-refractivity contribution in [3.05, 3.63) is 29.8 Å². The van der Waals surface area contributed by atoms with Crippen molar-refractivity contribution in [1.29, 1.82) is 0 Å². The summed E-state index contributed by atoms with van der Waals surface area (Å²) in [5.74, 6) is -0.392. The van der Waals surface area contributed by atoms with Crippen LogP contribution in [0, 0.1) is 5.92 Å². The van der Waals surface area contributed by atoms with Gasteiger partial charge in [-0.1, -0.05) is 6.42 Å². The van der Waals surface area contributed by atoms with E-state index in [2.05, 4.69) is 0 Å². The van der Waals surface area contributed by atoms with Crippen LogP contribution >= 0.6 is 0 Å². The summed E-state index contributed by atoms with van der Waals surface area (Å²) < 4.78 is 5.02. The molecule has 106 valence electrons. The maximum absolute atomic E-state index is 12.0. The lowest BCUT2D eigenvalue weighted by Crippen LogP contribution is -2.28. The number of Topliss-reactive ketones (excluding diaryl/α,β-unsaturated/α-hetero) is 3. The number of methoxy groups -OCH3 is 1. The third-order valence-electron chi connectivity index (χ3n) is 3.69. The molecule has 1 aromatic carbocycles. The number of hydrogen-bond donors (Lipinski definition) is 0. The molecular formula is C16H18O4. The van der Waals surface area contributed by atoms with Crippen molar-refractivity contribution in [2.45, 2.75) is 32.1 Å². The summed E-state index contributed by atoms with van der Waals surface area (Å²) in [5, 5.41) is 0. The van der Waals surface area contributed by atoms with Crippen LogP contribution in [-0.4, -0.2) is 24.5 Å². The number of benzene rings is 1. The summed E-state index contributed by atoms with van der Waals surface area (Å²) >= 11 is 0. The molecule has 0 radical (unpaired) electrons. The first kappa shape index (κ1) is 14.4. The fourth-order valence-electron chi connectivity index (χ4n) is 2.48. The van der Waals surface area contributed by atoms with Gasteiger partial charge in [0.1, 0.15) is 11.5 Å². The van der Waals surface area contributed by atoms with Gasteiger partial charge in [-0.05, 0) is 37.1 Å². The molecule has 1 aromatic rings. The highest BCUT2D eigenvalue weighted by Gasteiger charge is 2.29. The topological polar surface area (TPSA) is 60.4 Å². The molecule has 0 saturated heterocycles. The number of hydrogen-bond acceptors (Lipinski definition) is 4. The van der Waals surface area contributed by atoms with E-state index in [1.54, 1.807) is 31.4 Å². The summed E-state index contributed by atoms with van der Waals surface area (Å²) in [6.07, 6.45) is 2.61. The molecule has 0 spiro atoms. The first-order chi connectivity index (χ1) is 9.61. The molecule has 2 rings (SSSR count). The lowest BCUT2D eigenvalue weighted by atomic mass is 9.83. The normalized spacial score (nSPS) is 18.6. The minimum Gasteiger partial charge on any atom is -0.497 e. The molecule has 0 heterocycles. The van der Waals surface area contributed by atoms with E-state index >= 15 is 0 Å². The lowest BCUT2D eigenvalue weighted by molar-refractivity contribution is -0.133. The standard InChI is InChI=1S/C16H18O4/c1-20-12-8-6-11(7-9-12)15(18)10-16(19)13-4-2-3-5-14(13)17/h6-9,13H,2-5,10H2,1H3/t13-/m1/s1. The van der Waals surface area contributed by atoms with Gasteiger partial charge in [-0.15, -0.1) is 0 Å². The average Bonchev–Trinajstić information content (AvgIpc) is 2.47. The van der Waals surface area contributed by atoms with Crippen molar-refractivity contribution in [2.75, 3.05) is 7.11 Å². The molecular weight excluding hydrogens is 256 g/mol. The molecule has 1 saturated carbocycles. The highest BCUT2D eigenvalue weighted by molar-refractivity contribution is 6.14. The highest BCUT2D eigenvalue weighted by Crippen LogP contribution is 2.23. The van der Waals surface area contributed by atoms with Gasteiger partial charge in [-0.3, -0.25) is 14.4 Å². The molecule has 0 unspecified atom stereocenters. The van der Waals surface area contributed by atoms with Gasteiger partial charge in [0.25, 0.3) is 0 Å². The third-order valence-corrected chi connectivity index (χ3v) is 3.69. The molecule has 0 bridgehead atoms. The lowest BCUT2D eigenvalue weighted by Gasteiger charge is -2.18. The Morgan fingerprint density at radius 2 is 1.90 bits per heavy atom. The molecule has 1 aliphatic rings. The predicted molar refractivity (Wildman–Crippen MR) is 73.9 cm³/mol. The Labute approximate surface area is 118 Å². The van der Waals surface area contributed by atoms with Gasteiger partial charge in [-0.25, -0.2) is 0 Å². The van der Waals surface area contributed by atoms with Crippen molar-refractivity contribution in [2.24, 2.45) is 5.92 Å². The van der Waals surface area contributed by atoms with E-state index in [1.165, 1.54) is 0 Å². The van der Waals surface area contributed by atoms with Gasteiger partial charge in [-0.2, -0.15) is 0 Å².